The van der Waals surface area contributed by atoms with Crippen molar-refractivity contribution >= 4 is 42.4 Å². The van der Waals surface area contributed by atoms with Crippen molar-refractivity contribution in [2.75, 3.05) is 14.2 Å². The first-order chi connectivity index (χ1) is 14.5. The molecule has 0 aromatic heterocycles. The molecule has 0 atom stereocenters. The van der Waals surface area contributed by atoms with Crippen molar-refractivity contribution in [2.45, 2.75) is 16.7 Å². The zero-order valence-electron chi connectivity index (χ0n) is 16.6. The number of hydrogen-bond donors (Lipinski definition) is 2. The zero-order valence-corrected chi connectivity index (χ0v) is 18.2. The van der Waals surface area contributed by atoms with E-state index >= 15 is 0 Å². The highest BCUT2D eigenvalue weighted by molar-refractivity contribution is 7.86. The molecule has 0 aliphatic heterocycles. The maximum Gasteiger partial charge on any atom is 0.294 e. The summed E-state index contributed by atoms with van der Waals surface area (Å²) in [5.74, 6) is 0.413. The summed E-state index contributed by atoms with van der Waals surface area (Å²) in [6.45, 7) is 1.48. The molecule has 31 heavy (non-hydrogen) atoms. The van der Waals surface area contributed by atoms with Gasteiger partial charge in [0.25, 0.3) is 20.2 Å². The molecular formula is C19H18N2O8S2. The molecule has 0 saturated carbocycles. The van der Waals surface area contributed by atoms with Gasteiger partial charge in [-0.2, -0.15) is 16.8 Å². The first kappa shape index (κ1) is 22.6. The van der Waals surface area contributed by atoms with Gasteiger partial charge in [-0.15, -0.1) is 10.2 Å². The van der Waals surface area contributed by atoms with Gasteiger partial charge < -0.3 is 9.47 Å². The lowest BCUT2D eigenvalue weighted by molar-refractivity contribution is 0.413. The number of aryl methyl sites for hydroxylation is 1. The molecule has 0 bridgehead atoms. The fourth-order valence-corrected chi connectivity index (χ4v) is 4.22. The Hall–Kier alpha value is -3.06. The second kappa shape index (κ2) is 8.23. The fourth-order valence-electron chi connectivity index (χ4n) is 2.98. The van der Waals surface area contributed by atoms with Crippen LogP contribution in [-0.4, -0.2) is 40.2 Å². The van der Waals surface area contributed by atoms with Crippen LogP contribution in [0.1, 0.15) is 5.56 Å². The topological polar surface area (TPSA) is 152 Å². The molecule has 0 saturated heterocycles. The fraction of sp³-hybridized carbons (Fsp3) is 0.158. The Kier molecular flexibility index (Phi) is 6.00. The molecule has 164 valence electrons. The van der Waals surface area contributed by atoms with E-state index in [9.17, 15) is 25.9 Å². The molecule has 0 amide bonds. The Morgan fingerprint density at radius 1 is 0.806 bits per heavy atom. The van der Waals surface area contributed by atoms with Crippen LogP contribution in [0.5, 0.6) is 11.5 Å². The molecule has 0 heterocycles. The molecule has 0 aliphatic carbocycles. The van der Waals surface area contributed by atoms with Crippen molar-refractivity contribution in [3.05, 3.63) is 48.0 Å². The maximum atomic E-state index is 11.5. The minimum absolute atomic E-state index is 0.0647. The van der Waals surface area contributed by atoms with Crippen molar-refractivity contribution < 1.29 is 35.4 Å². The van der Waals surface area contributed by atoms with Crippen LogP contribution in [0.2, 0.25) is 0 Å². The second-order valence-electron chi connectivity index (χ2n) is 6.44. The average molecular weight is 466 g/mol. The highest BCUT2D eigenvalue weighted by Gasteiger charge is 2.18. The van der Waals surface area contributed by atoms with Gasteiger partial charge in [-0.3, -0.25) is 9.11 Å². The molecule has 10 nitrogen and oxygen atoms in total. The summed E-state index contributed by atoms with van der Waals surface area (Å²) >= 11 is 0. The third-order valence-corrected chi connectivity index (χ3v) is 6.30. The summed E-state index contributed by atoms with van der Waals surface area (Å²) in [6.07, 6.45) is 0. The van der Waals surface area contributed by atoms with E-state index in [2.05, 4.69) is 10.2 Å². The van der Waals surface area contributed by atoms with E-state index in [4.69, 9.17) is 9.47 Å². The predicted molar refractivity (Wildman–Crippen MR) is 112 cm³/mol. The molecule has 3 aromatic rings. The first-order valence-electron chi connectivity index (χ1n) is 8.62. The van der Waals surface area contributed by atoms with E-state index in [1.54, 1.807) is 12.1 Å². The molecule has 3 aromatic carbocycles. The third kappa shape index (κ3) is 4.66. The monoisotopic (exact) mass is 466 g/mol. The van der Waals surface area contributed by atoms with Crippen LogP contribution in [0.25, 0.3) is 10.8 Å². The second-order valence-corrected chi connectivity index (χ2v) is 9.25. The summed E-state index contributed by atoms with van der Waals surface area (Å²) in [7, 11) is -6.09. The lowest BCUT2D eigenvalue weighted by Crippen LogP contribution is -2.01. The number of rotatable bonds is 6. The lowest BCUT2D eigenvalue weighted by atomic mass is 10.1. The van der Waals surface area contributed by atoms with Crippen molar-refractivity contribution in [1.82, 2.24) is 0 Å². The molecule has 0 spiro atoms. The number of benzene rings is 3. The van der Waals surface area contributed by atoms with Crippen molar-refractivity contribution in [1.29, 1.82) is 0 Å². The average Bonchev–Trinajstić information content (AvgIpc) is 2.69. The van der Waals surface area contributed by atoms with E-state index in [1.807, 2.05) is 0 Å². The number of hydrogen-bond acceptors (Lipinski definition) is 8. The van der Waals surface area contributed by atoms with Gasteiger partial charge in [0.05, 0.1) is 19.1 Å². The van der Waals surface area contributed by atoms with Gasteiger partial charge in [0.15, 0.2) is 0 Å². The summed E-state index contributed by atoms with van der Waals surface area (Å²) in [5.41, 5.74) is 0.710. The van der Waals surface area contributed by atoms with E-state index < -0.39 is 20.2 Å². The lowest BCUT2D eigenvalue weighted by Gasteiger charge is -2.10. The summed E-state index contributed by atoms with van der Waals surface area (Å²) in [4.78, 5) is -0.588. The molecular weight excluding hydrogens is 448 g/mol. The minimum atomic E-state index is -4.45. The quantitative estimate of drug-likeness (QED) is 0.407. The largest absolute Gasteiger partial charge is 0.494 e. The normalized spacial score (nSPS) is 12.4. The van der Waals surface area contributed by atoms with E-state index in [0.717, 1.165) is 6.07 Å². The van der Waals surface area contributed by atoms with E-state index in [0.29, 0.717) is 16.5 Å². The van der Waals surface area contributed by atoms with Crippen molar-refractivity contribution in [2.24, 2.45) is 10.2 Å². The molecule has 3 rings (SSSR count). The molecule has 0 unspecified atom stereocenters. The smallest absolute Gasteiger partial charge is 0.294 e. The highest BCUT2D eigenvalue weighted by Crippen LogP contribution is 2.39. The zero-order chi connectivity index (χ0) is 23.0. The van der Waals surface area contributed by atoms with Gasteiger partial charge in [-0.25, -0.2) is 0 Å². The molecule has 2 N–H and O–H groups in total. The Labute approximate surface area is 178 Å². The van der Waals surface area contributed by atoms with Crippen LogP contribution in [-0.2, 0) is 20.2 Å². The van der Waals surface area contributed by atoms with Gasteiger partial charge in [0.2, 0.25) is 0 Å². The predicted octanol–water partition coefficient (Wildman–Crippen LogP) is 4.07. The van der Waals surface area contributed by atoms with Crippen LogP contribution in [0.15, 0.2) is 62.5 Å². The van der Waals surface area contributed by atoms with Gasteiger partial charge in [0.1, 0.15) is 27.8 Å². The summed E-state index contributed by atoms with van der Waals surface area (Å²) in [5, 5.41) is 9.31. The van der Waals surface area contributed by atoms with Gasteiger partial charge >= 0.3 is 0 Å². The van der Waals surface area contributed by atoms with Crippen LogP contribution >= 0.6 is 0 Å². The molecule has 0 radical (unpaired) electrons. The molecule has 0 aliphatic rings. The van der Waals surface area contributed by atoms with Gasteiger partial charge in [-0.05, 0) is 42.1 Å². The number of azo groups is 1. The van der Waals surface area contributed by atoms with E-state index in [-0.39, 0.29) is 32.5 Å². The van der Waals surface area contributed by atoms with E-state index in [1.165, 1.54) is 45.4 Å². The SMILES string of the molecule is COc1cc(S(=O)(=O)O)c(C)cc1/N=N/c1c(OC)ccc2cc(S(=O)(=O)O)ccc12. The Morgan fingerprint density at radius 2 is 1.48 bits per heavy atom. The van der Waals surface area contributed by atoms with Crippen LogP contribution < -0.4 is 9.47 Å². The summed E-state index contributed by atoms with van der Waals surface area (Å²) in [6, 6.07) is 9.66. The van der Waals surface area contributed by atoms with Gasteiger partial charge in [0, 0.05) is 11.5 Å². The van der Waals surface area contributed by atoms with Crippen molar-refractivity contribution in [3.63, 3.8) is 0 Å². The standard InChI is InChI=1S/C19H18N2O8S2/c1-11-8-15(17(29-3)10-18(11)31(25,26)27)20-21-19-14-6-5-13(30(22,23)24)9-12(14)4-7-16(19)28-2/h4-10H,1-3H3,(H,22,23,24)(H,25,26,27)/b21-20+. The Balaban J connectivity index is 2.18. The number of fused-ring (bicyclic) bond motifs is 1. The third-order valence-electron chi connectivity index (χ3n) is 4.46. The van der Waals surface area contributed by atoms with Crippen molar-refractivity contribution in [3.8, 4) is 11.5 Å². The minimum Gasteiger partial charge on any atom is -0.494 e. The highest BCUT2D eigenvalue weighted by atomic mass is 32.2. The molecule has 12 heteroatoms. The Morgan fingerprint density at radius 3 is 2.06 bits per heavy atom. The number of methoxy groups -OCH3 is 2. The molecule has 0 fully saturated rings. The summed E-state index contributed by atoms with van der Waals surface area (Å²) < 4.78 is 74.9. The van der Waals surface area contributed by atoms with Crippen LogP contribution in [0, 0.1) is 6.92 Å². The van der Waals surface area contributed by atoms with Crippen LogP contribution in [0.4, 0.5) is 11.4 Å². The Bertz CT molecular complexity index is 1410. The van der Waals surface area contributed by atoms with Crippen LogP contribution in [0.3, 0.4) is 0 Å². The number of ether oxygens (including phenoxy) is 2. The number of nitrogens with zero attached hydrogens (tertiary/aromatic N) is 2. The maximum absolute atomic E-state index is 11.5. The first-order valence-corrected chi connectivity index (χ1v) is 11.5. The van der Waals surface area contributed by atoms with Gasteiger partial charge in [-0.1, -0.05) is 12.1 Å².